The third-order valence-electron chi connectivity index (χ3n) is 4.93. The Hall–Kier alpha value is -3.14. The van der Waals surface area contributed by atoms with E-state index in [0.29, 0.717) is 6.54 Å². The molecule has 2 atom stereocenters. The SMILES string of the molecule is CCNC1=C(C)C(=O)c2c(c(COC(N)=O)c3n2CC(NC(C)=O)C3O)C1=O. The highest BCUT2D eigenvalue weighted by molar-refractivity contribution is 6.26. The summed E-state index contributed by atoms with van der Waals surface area (Å²) in [5.41, 5.74) is 6.18. The van der Waals surface area contributed by atoms with Gasteiger partial charge in [-0.15, -0.1) is 0 Å². The fourth-order valence-electron chi connectivity index (χ4n) is 3.84. The first kappa shape index (κ1) is 19.6. The van der Waals surface area contributed by atoms with Crippen molar-refractivity contribution in [1.82, 2.24) is 15.2 Å². The monoisotopic (exact) mass is 390 g/mol. The Morgan fingerprint density at radius 3 is 2.57 bits per heavy atom. The number of fused-ring (bicyclic) bond motifs is 3. The van der Waals surface area contributed by atoms with Crippen molar-refractivity contribution in [3.05, 3.63) is 33.8 Å². The van der Waals surface area contributed by atoms with Gasteiger partial charge >= 0.3 is 6.09 Å². The van der Waals surface area contributed by atoms with E-state index in [1.165, 1.54) is 11.5 Å². The van der Waals surface area contributed by atoms with Crippen LogP contribution in [0.2, 0.25) is 0 Å². The minimum Gasteiger partial charge on any atom is -0.445 e. The van der Waals surface area contributed by atoms with Crippen LogP contribution in [0, 0.1) is 0 Å². The molecule has 2 aliphatic rings. The number of nitrogens with one attached hydrogen (secondary N) is 2. The van der Waals surface area contributed by atoms with Gasteiger partial charge < -0.3 is 30.8 Å². The Morgan fingerprint density at radius 2 is 2.00 bits per heavy atom. The molecule has 1 aliphatic carbocycles. The van der Waals surface area contributed by atoms with Crippen LogP contribution in [-0.2, 0) is 22.7 Å². The zero-order valence-electron chi connectivity index (χ0n) is 15.8. The smallest absolute Gasteiger partial charge is 0.404 e. The van der Waals surface area contributed by atoms with E-state index in [-0.39, 0.29) is 58.6 Å². The molecule has 2 heterocycles. The average Bonchev–Trinajstić information content (AvgIpc) is 3.09. The standard InChI is InChI=1S/C18H22N4O6/c1-4-20-12-7(2)15(24)14-11(17(12)26)9(6-28-18(19)27)13-16(25)10(5-22(13)14)21-8(3)23/h10,16,20,25H,4-6H2,1-3H3,(H2,19,27)(H,21,23). The number of likely N-dealkylation sites (N-methyl/N-ethyl adjacent to an activating group) is 1. The number of rotatable bonds is 5. The Balaban J connectivity index is 2.17. The normalized spacial score (nSPS) is 20.7. The van der Waals surface area contributed by atoms with Crippen molar-refractivity contribution >= 4 is 23.6 Å². The maximum Gasteiger partial charge on any atom is 0.404 e. The number of aliphatic hydroxyl groups excluding tert-OH is 1. The summed E-state index contributed by atoms with van der Waals surface area (Å²) in [6.45, 7) is 4.84. The van der Waals surface area contributed by atoms with Gasteiger partial charge in [0.2, 0.25) is 17.5 Å². The Labute approximate surface area is 160 Å². The van der Waals surface area contributed by atoms with Crippen LogP contribution >= 0.6 is 0 Å². The molecule has 1 aliphatic heterocycles. The first-order valence-corrected chi connectivity index (χ1v) is 8.85. The van der Waals surface area contributed by atoms with Crippen LogP contribution in [0.25, 0.3) is 0 Å². The highest BCUT2D eigenvalue weighted by Gasteiger charge is 2.44. The highest BCUT2D eigenvalue weighted by Crippen LogP contribution is 2.40. The van der Waals surface area contributed by atoms with Gasteiger partial charge in [0.15, 0.2) is 0 Å². The van der Waals surface area contributed by atoms with E-state index < -0.39 is 24.0 Å². The molecule has 10 heteroatoms. The number of ketones is 2. The molecule has 0 radical (unpaired) electrons. The number of Topliss-reactive ketones (excluding diaryl/α,β-unsaturated/α-hetero) is 2. The molecule has 2 unspecified atom stereocenters. The van der Waals surface area contributed by atoms with Gasteiger partial charge in [0.05, 0.1) is 23.0 Å². The summed E-state index contributed by atoms with van der Waals surface area (Å²) in [5.74, 6) is -1.12. The molecule has 0 aromatic carbocycles. The van der Waals surface area contributed by atoms with E-state index >= 15 is 0 Å². The van der Waals surface area contributed by atoms with Gasteiger partial charge in [-0.3, -0.25) is 14.4 Å². The van der Waals surface area contributed by atoms with Gasteiger partial charge in [0, 0.05) is 31.1 Å². The average molecular weight is 390 g/mol. The number of carbonyl (C=O) groups excluding carboxylic acids is 4. The lowest BCUT2D eigenvalue weighted by Gasteiger charge is -2.21. The largest absolute Gasteiger partial charge is 0.445 e. The summed E-state index contributed by atoms with van der Waals surface area (Å²) in [6, 6.07) is -0.674. The number of nitrogens with zero attached hydrogens (tertiary/aromatic N) is 1. The van der Waals surface area contributed by atoms with Crippen molar-refractivity contribution in [3.8, 4) is 0 Å². The van der Waals surface area contributed by atoms with Gasteiger partial charge in [0.1, 0.15) is 18.4 Å². The second kappa shape index (κ2) is 7.12. The van der Waals surface area contributed by atoms with Crippen LogP contribution in [0.1, 0.15) is 59.0 Å². The number of carbonyl (C=O) groups is 4. The van der Waals surface area contributed by atoms with Gasteiger partial charge in [-0.1, -0.05) is 0 Å². The number of nitrogens with two attached hydrogens (primary N) is 1. The summed E-state index contributed by atoms with van der Waals surface area (Å²) in [6.07, 6.45) is -2.22. The predicted octanol–water partition coefficient (Wildman–Crippen LogP) is -0.102. The molecule has 0 spiro atoms. The summed E-state index contributed by atoms with van der Waals surface area (Å²) >= 11 is 0. The number of hydrogen-bond donors (Lipinski definition) is 4. The molecule has 0 saturated carbocycles. The lowest BCUT2D eigenvalue weighted by molar-refractivity contribution is -0.120. The first-order valence-electron chi connectivity index (χ1n) is 8.85. The quantitative estimate of drug-likeness (QED) is 0.547. The number of aromatic nitrogens is 1. The van der Waals surface area contributed by atoms with Crippen molar-refractivity contribution < 1.29 is 29.0 Å². The van der Waals surface area contributed by atoms with Crippen molar-refractivity contribution in [1.29, 1.82) is 0 Å². The predicted molar refractivity (Wildman–Crippen MR) is 96.4 cm³/mol. The molecule has 3 rings (SSSR count). The minimum absolute atomic E-state index is 0.0862. The second-order valence-electron chi connectivity index (χ2n) is 6.75. The third kappa shape index (κ3) is 2.95. The number of aliphatic hydroxyl groups is 1. The van der Waals surface area contributed by atoms with Crippen LogP contribution in [0.15, 0.2) is 11.3 Å². The lowest BCUT2D eigenvalue weighted by atomic mass is 9.89. The van der Waals surface area contributed by atoms with E-state index in [1.807, 2.05) is 0 Å². The van der Waals surface area contributed by atoms with E-state index in [2.05, 4.69) is 10.6 Å². The first-order chi connectivity index (χ1) is 13.2. The number of allylic oxidation sites excluding steroid dienone is 2. The fraction of sp³-hybridized carbons (Fsp3) is 0.444. The number of hydrogen-bond acceptors (Lipinski definition) is 7. The van der Waals surface area contributed by atoms with Crippen molar-refractivity contribution in [3.63, 3.8) is 0 Å². The molecular formula is C18H22N4O6. The molecule has 0 fully saturated rings. The van der Waals surface area contributed by atoms with E-state index in [9.17, 15) is 24.3 Å². The molecule has 5 N–H and O–H groups in total. The van der Waals surface area contributed by atoms with Crippen LogP contribution in [0.3, 0.4) is 0 Å². The van der Waals surface area contributed by atoms with Crippen LogP contribution in [0.5, 0.6) is 0 Å². The van der Waals surface area contributed by atoms with Crippen LogP contribution in [-0.4, -0.2) is 45.8 Å². The van der Waals surface area contributed by atoms with Crippen LogP contribution in [0.4, 0.5) is 4.79 Å². The van der Waals surface area contributed by atoms with Gasteiger partial charge in [0.25, 0.3) is 0 Å². The number of ether oxygens (including phenoxy) is 1. The summed E-state index contributed by atoms with van der Waals surface area (Å²) in [5, 5.41) is 16.3. The lowest BCUT2D eigenvalue weighted by Crippen LogP contribution is -2.38. The molecule has 0 bridgehead atoms. The Bertz CT molecular complexity index is 929. The summed E-state index contributed by atoms with van der Waals surface area (Å²) in [7, 11) is 0. The molecule has 2 amide bonds. The highest BCUT2D eigenvalue weighted by atomic mass is 16.5. The molecule has 150 valence electrons. The van der Waals surface area contributed by atoms with Crippen molar-refractivity contribution in [2.45, 2.75) is 46.1 Å². The fourth-order valence-corrected chi connectivity index (χ4v) is 3.84. The summed E-state index contributed by atoms with van der Waals surface area (Å²) in [4.78, 5) is 48.7. The zero-order chi connectivity index (χ0) is 20.7. The van der Waals surface area contributed by atoms with Gasteiger partial charge in [-0.05, 0) is 13.8 Å². The van der Waals surface area contributed by atoms with E-state index in [4.69, 9.17) is 10.5 Å². The Kier molecular flexibility index (Phi) is 4.99. The maximum atomic E-state index is 13.1. The number of primary amides is 1. The summed E-state index contributed by atoms with van der Waals surface area (Å²) < 4.78 is 6.40. The van der Waals surface area contributed by atoms with Crippen molar-refractivity contribution in [2.75, 3.05) is 6.54 Å². The van der Waals surface area contributed by atoms with E-state index in [1.54, 1.807) is 13.8 Å². The van der Waals surface area contributed by atoms with Crippen molar-refractivity contribution in [2.24, 2.45) is 5.73 Å². The number of amides is 2. The van der Waals surface area contributed by atoms with Gasteiger partial charge in [-0.25, -0.2) is 4.79 Å². The molecular weight excluding hydrogens is 368 g/mol. The topological polar surface area (TPSA) is 153 Å². The maximum absolute atomic E-state index is 13.1. The molecule has 0 saturated heterocycles. The minimum atomic E-state index is -1.18. The third-order valence-corrected chi connectivity index (χ3v) is 4.93. The molecule has 28 heavy (non-hydrogen) atoms. The molecule has 1 aromatic rings. The second-order valence-corrected chi connectivity index (χ2v) is 6.75. The van der Waals surface area contributed by atoms with Gasteiger partial charge in [-0.2, -0.15) is 0 Å². The van der Waals surface area contributed by atoms with Crippen LogP contribution < -0.4 is 16.4 Å². The molecule has 10 nitrogen and oxygen atoms in total. The Morgan fingerprint density at radius 1 is 1.32 bits per heavy atom. The molecule has 1 aromatic heterocycles. The zero-order valence-corrected chi connectivity index (χ0v) is 15.8. The van der Waals surface area contributed by atoms with E-state index in [0.717, 1.165) is 0 Å².